The summed E-state index contributed by atoms with van der Waals surface area (Å²) in [7, 11) is 0. The van der Waals surface area contributed by atoms with Gasteiger partial charge < -0.3 is 19.0 Å². The standard InChI is InChI=1S/C32H38N4O4/c1-4-39-32(38)26-8-7-14-36(19-26)31(37)29-21-40-30(34-29)20-35(18-25-12-11-22(2)16-23(25)3)15-13-24-17-33-28-10-6-5-9-27(24)28/h5-6,9-12,16-17,21,26,33H,4,7-8,13-15,18-20H2,1-3H3/t26-/m1/s1. The number of fused-ring (bicyclic) bond motifs is 1. The second-order valence-corrected chi connectivity index (χ2v) is 10.7. The Morgan fingerprint density at radius 2 is 2.00 bits per heavy atom. The summed E-state index contributed by atoms with van der Waals surface area (Å²) < 4.78 is 11.0. The summed E-state index contributed by atoms with van der Waals surface area (Å²) in [5.74, 6) is -0.227. The summed E-state index contributed by atoms with van der Waals surface area (Å²) in [6, 6.07) is 14.9. The number of likely N-dealkylation sites (tertiary alicyclic amines) is 1. The van der Waals surface area contributed by atoms with Gasteiger partial charge in [0.25, 0.3) is 5.91 Å². The fourth-order valence-corrected chi connectivity index (χ4v) is 5.54. The van der Waals surface area contributed by atoms with E-state index >= 15 is 0 Å². The zero-order chi connectivity index (χ0) is 28.1. The molecule has 1 saturated heterocycles. The molecule has 0 radical (unpaired) electrons. The van der Waals surface area contributed by atoms with Gasteiger partial charge in [-0.05, 0) is 62.8 Å². The molecule has 2 aromatic heterocycles. The number of amides is 1. The number of carbonyl (C=O) groups excluding carboxylic acids is 2. The maximum atomic E-state index is 13.2. The zero-order valence-electron chi connectivity index (χ0n) is 23.6. The molecule has 0 aliphatic carbocycles. The van der Waals surface area contributed by atoms with Crippen molar-refractivity contribution in [1.29, 1.82) is 0 Å². The van der Waals surface area contributed by atoms with Gasteiger partial charge >= 0.3 is 5.97 Å². The van der Waals surface area contributed by atoms with Gasteiger partial charge in [-0.2, -0.15) is 0 Å². The third kappa shape index (κ3) is 6.45. The third-order valence-electron chi connectivity index (χ3n) is 7.72. The molecule has 8 nitrogen and oxygen atoms in total. The highest BCUT2D eigenvalue weighted by atomic mass is 16.5. The van der Waals surface area contributed by atoms with Gasteiger partial charge in [0.2, 0.25) is 5.89 Å². The number of aryl methyl sites for hydroxylation is 2. The van der Waals surface area contributed by atoms with Gasteiger partial charge in [0.05, 0.1) is 19.1 Å². The van der Waals surface area contributed by atoms with Crippen molar-refractivity contribution < 1.29 is 18.7 Å². The predicted octanol–water partition coefficient (Wildman–Crippen LogP) is 5.43. The van der Waals surface area contributed by atoms with Crippen LogP contribution in [0.15, 0.2) is 59.3 Å². The third-order valence-corrected chi connectivity index (χ3v) is 7.72. The number of rotatable bonds is 10. The minimum Gasteiger partial charge on any atom is -0.466 e. The number of H-pyrrole nitrogens is 1. The van der Waals surface area contributed by atoms with Crippen molar-refractivity contribution in [2.45, 2.75) is 53.1 Å². The van der Waals surface area contributed by atoms with Crippen LogP contribution in [0.5, 0.6) is 0 Å². The second-order valence-electron chi connectivity index (χ2n) is 10.7. The van der Waals surface area contributed by atoms with E-state index in [2.05, 4.69) is 71.3 Å². The van der Waals surface area contributed by atoms with Crippen molar-refractivity contribution in [3.8, 4) is 0 Å². The van der Waals surface area contributed by atoms with Gasteiger partial charge in [-0.1, -0.05) is 42.0 Å². The quantitative estimate of drug-likeness (QED) is 0.269. The average molecular weight is 543 g/mol. The van der Waals surface area contributed by atoms with E-state index in [0.29, 0.717) is 32.1 Å². The Kier molecular flexibility index (Phi) is 8.65. The van der Waals surface area contributed by atoms with Crippen molar-refractivity contribution in [2.75, 3.05) is 26.2 Å². The first kappa shape index (κ1) is 27.6. The molecular formula is C32H38N4O4. The summed E-state index contributed by atoms with van der Waals surface area (Å²) in [5, 5.41) is 1.24. The maximum Gasteiger partial charge on any atom is 0.310 e. The van der Waals surface area contributed by atoms with E-state index in [1.807, 2.05) is 6.07 Å². The number of aromatic amines is 1. The number of ether oxygens (including phenoxy) is 1. The van der Waals surface area contributed by atoms with Crippen LogP contribution in [0.3, 0.4) is 0 Å². The molecule has 0 bridgehead atoms. The normalized spacial score (nSPS) is 15.6. The molecule has 1 amide bonds. The predicted molar refractivity (Wildman–Crippen MR) is 154 cm³/mol. The molecule has 1 N–H and O–H groups in total. The minimum absolute atomic E-state index is 0.205. The summed E-state index contributed by atoms with van der Waals surface area (Å²) in [5.41, 5.74) is 6.43. The van der Waals surface area contributed by atoms with Crippen molar-refractivity contribution >= 4 is 22.8 Å². The largest absolute Gasteiger partial charge is 0.466 e. The van der Waals surface area contributed by atoms with Crippen molar-refractivity contribution in [1.82, 2.24) is 19.8 Å². The second kappa shape index (κ2) is 12.5. The molecule has 0 unspecified atom stereocenters. The molecule has 5 rings (SSSR count). The Labute approximate surface area is 235 Å². The van der Waals surface area contributed by atoms with Gasteiger partial charge in [-0.25, -0.2) is 4.98 Å². The van der Waals surface area contributed by atoms with Crippen LogP contribution >= 0.6 is 0 Å². The van der Waals surface area contributed by atoms with Crippen LogP contribution in [0, 0.1) is 19.8 Å². The number of hydrogen-bond acceptors (Lipinski definition) is 6. The van der Waals surface area contributed by atoms with Gasteiger partial charge in [-0.3, -0.25) is 14.5 Å². The van der Waals surface area contributed by atoms with Crippen molar-refractivity contribution in [3.05, 3.63) is 88.8 Å². The molecule has 2 aromatic carbocycles. The number of para-hydroxylation sites is 1. The Morgan fingerprint density at radius 3 is 2.83 bits per heavy atom. The van der Waals surface area contributed by atoms with E-state index in [4.69, 9.17) is 9.15 Å². The topological polar surface area (TPSA) is 91.7 Å². The Morgan fingerprint density at radius 1 is 1.15 bits per heavy atom. The zero-order valence-corrected chi connectivity index (χ0v) is 23.6. The summed E-state index contributed by atoms with van der Waals surface area (Å²) >= 11 is 0. The Hall–Kier alpha value is -3.91. The number of nitrogens with one attached hydrogen (secondary N) is 1. The van der Waals surface area contributed by atoms with E-state index in [0.717, 1.165) is 37.9 Å². The smallest absolute Gasteiger partial charge is 0.310 e. The van der Waals surface area contributed by atoms with E-state index in [-0.39, 0.29) is 23.5 Å². The van der Waals surface area contributed by atoms with Gasteiger partial charge in [-0.15, -0.1) is 0 Å². The summed E-state index contributed by atoms with van der Waals surface area (Å²) in [4.78, 5) is 37.4. The van der Waals surface area contributed by atoms with Crippen LogP contribution in [-0.2, 0) is 29.0 Å². The van der Waals surface area contributed by atoms with Gasteiger partial charge in [0.15, 0.2) is 5.69 Å². The highest BCUT2D eigenvalue weighted by molar-refractivity contribution is 5.92. The molecule has 1 atom stereocenters. The molecular weight excluding hydrogens is 504 g/mol. The molecule has 0 saturated carbocycles. The van der Waals surface area contributed by atoms with Crippen LogP contribution < -0.4 is 0 Å². The Balaban J connectivity index is 1.29. The lowest BCUT2D eigenvalue weighted by Crippen LogP contribution is -2.43. The first-order valence-electron chi connectivity index (χ1n) is 14.1. The van der Waals surface area contributed by atoms with Crippen LogP contribution in [0.1, 0.15) is 58.4 Å². The summed E-state index contributed by atoms with van der Waals surface area (Å²) in [6.07, 6.45) is 5.89. The molecule has 4 aromatic rings. The number of nitrogens with zero attached hydrogens (tertiary/aromatic N) is 3. The number of esters is 1. The minimum atomic E-state index is -0.290. The van der Waals surface area contributed by atoms with E-state index < -0.39 is 0 Å². The first-order valence-corrected chi connectivity index (χ1v) is 14.1. The molecule has 8 heteroatoms. The molecule has 210 valence electrons. The number of hydrogen-bond donors (Lipinski definition) is 1. The number of benzene rings is 2. The summed E-state index contributed by atoms with van der Waals surface area (Å²) in [6.45, 7) is 9.36. The van der Waals surface area contributed by atoms with E-state index in [1.165, 1.54) is 33.9 Å². The Bertz CT molecular complexity index is 1470. The lowest BCUT2D eigenvalue weighted by molar-refractivity contribution is -0.149. The highest BCUT2D eigenvalue weighted by Crippen LogP contribution is 2.22. The fraction of sp³-hybridized carbons (Fsp3) is 0.406. The lowest BCUT2D eigenvalue weighted by Gasteiger charge is -2.30. The van der Waals surface area contributed by atoms with Crippen molar-refractivity contribution in [3.63, 3.8) is 0 Å². The van der Waals surface area contributed by atoms with Gasteiger partial charge in [0.1, 0.15) is 6.26 Å². The number of piperidine rings is 1. The molecule has 1 fully saturated rings. The lowest BCUT2D eigenvalue weighted by atomic mass is 9.98. The SMILES string of the molecule is CCOC(=O)[C@@H]1CCCN(C(=O)c2coc(CN(CCc3c[nH]c4ccccc34)Cc3ccc(C)cc3C)n2)C1. The molecule has 0 spiro atoms. The molecule has 1 aliphatic rings. The van der Waals surface area contributed by atoms with Gasteiger partial charge in [0, 0.05) is 43.3 Å². The highest BCUT2D eigenvalue weighted by Gasteiger charge is 2.31. The fourth-order valence-electron chi connectivity index (χ4n) is 5.54. The van der Waals surface area contributed by atoms with E-state index in [9.17, 15) is 9.59 Å². The first-order chi connectivity index (χ1) is 19.4. The molecule has 40 heavy (non-hydrogen) atoms. The van der Waals surface area contributed by atoms with Crippen molar-refractivity contribution in [2.24, 2.45) is 5.92 Å². The van der Waals surface area contributed by atoms with Crippen LogP contribution in [-0.4, -0.2) is 57.9 Å². The van der Waals surface area contributed by atoms with Crippen LogP contribution in [0.25, 0.3) is 10.9 Å². The van der Waals surface area contributed by atoms with Crippen LogP contribution in [0.2, 0.25) is 0 Å². The average Bonchev–Trinajstić information content (AvgIpc) is 3.60. The number of oxazole rings is 1. The van der Waals surface area contributed by atoms with Crippen LogP contribution in [0.4, 0.5) is 0 Å². The monoisotopic (exact) mass is 542 g/mol. The number of carbonyl (C=O) groups is 2. The molecule has 1 aliphatic heterocycles. The molecule has 3 heterocycles. The number of aromatic nitrogens is 2. The van der Waals surface area contributed by atoms with E-state index in [1.54, 1.807) is 11.8 Å². The maximum absolute atomic E-state index is 13.2.